The van der Waals surface area contributed by atoms with Crippen LogP contribution in [0, 0.1) is 0 Å². The molecule has 0 bridgehead atoms. The van der Waals surface area contributed by atoms with E-state index in [1.54, 1.807) is 12.1 Å². The predicted octanol–water partition coefficient (Wildman–Crippen LogP) is 4.73. The first-order valence-corrected chi connectivity index (χ1v) is 11.9. The van der Waals surface area contributed by atoms with E-state index in [2.05, 4.69) is 60.4 Å². The van der Waals surface area contributed by atoms with Crippen molar-refractivity contribution in [2.24, 2.45) is 0 Å². The highest BCUT2D eigenvalue weighted by molar-refractivity contribution is 7.92. The summed E-state index contributed by atoms with van der Waals surface area (Å²) in [4.78, 5) is 0. The maximum absolute atomic E-state index is 11.4. The predicted molar refractivity (Wildman–Crippen MR) is 126 cm³/mol. The van der Waals surface area contributed by atoms with E-state index < -0.39 is 10.0 Å². The molecule has 29 heavy (non-hydrogen) atoms. The Labute approximate surface area is 184 Å². The number of nitrogens with one attached hydrogen (secondary N) is 3. The third kappa shape index (κ3) is 7.49. The fraction of sp³-hybridized carbons (Fsp3) is 0.381. The lowest BCUT2D eigenvalue weighted by molar-refractivity contribution is 0.590. The first-order valence-electron chi connectivity index (χ1n) is 9.26. The Morgan fingerprint density at radius 3 is 2.28 bits per heavy atom. The molecule has 8 heteroatoms. The molecular formula is C21H28ClN3O2S2. The number of benzene rings is 2. The molecule has 0 spiro atoms. The number of halogens is 1. The molecule has 0 amide bonds. The minimum absolute atomic E-state index is 0.0944. The molecule has 5 nitrogen and oxygen atoms in total. The van der Waals surface area contributed by atoms with Crippen molar-refractivity contribution >= 4 is 44.6 Å². The molecule has 1 atom stereocenters. The second kappa shape index (κ2) is 9.32. The van der Waals surface area contributed by atoms with Crippen LogP contribution in [0.2, 0.25) is 5.02 Å². The molecule has 0 heterocycles. The van der Waals surface area contributed by atoms with Crippen molar-refractivity contribution in [1.82, 2.24) is 10.6 Å². The molecular weight excluding hydrogens is 426 g/mol. The van der Waals surface area contributed by atoms with Gasteiger partial charge < -0.3 is 10.6 Å². The molecule has 0 saturated heterocycles. The zero-order valence-electron chi connectivity index (χ0n) is 17.3. The van der Waals surface area contributed by atoms with Crippen LogP contribution in [-0.4, -0.2) is 19.8 Å². The van der Waals surface area contributed by atoms with Gasteiger partial charge in [-0.15, -0.1) is 0 Å². The molecule has 0 aliphatic rings. The Morgan fingerprint density at radius 1 is 1.14 bits per heavy atom. The Hall–Kier alpha value is -1.83. The lowest BCUT2D eigenvalue weighted by Gasteiger charge is -2.20. The van der Waals surface area contributed by atoms with Crippen LogP contribution in [0.5, 0.6) is 0 Å². The van der Waals surface area contributed by atoms with E-state index in [1.807, 2.05) is 13.0 Å². The van der Waals surface area contributed by atoms with Crippen LogP contribution in [0.1, 0.15) is 50.4 Å². The lowest BCUT2D eigenvalue weighted by Crippen LogP contribution is -2.36. The van der Waals surface area contributed by atoms with Gasteiger partial charge in [-0.25, -0.2) is 8.42 Å². The van der Waals surface area contributed by atoms with E-state index in [4.69, 9.17) is 23.8 Å². The Morgan fingerprint density at radius 2 is 1.76 bits per heavy atom. The molecule has 2 aromatic rings. The minimum atomic E-state index is -3.38. The molecule has 3 N–H and O–H groups in total. The quantitative estimate of drug-likeness (QED) is 0.551. The summed E-state index contributed by atoms with van der Waals surface area (Å²) in [6.07, 6.45) is 1.09. The van der Waals surface area contributed by atoms with Crippen molar-refractivity contribution in [2.45, 2.75) is 45.7 Å². The fourth-order valence-electron chi connectivity index (χ4n) is 2.72. The number of hydrogen-bond acceptors (Lipinski definition) is 3. The number of hydrogen-bond donors (Lipinski definition) is 3. The highest BCUT2D eigenvalue weighted by atomic mass is 35.5. The van der Waals surface area contributed by atoms with E-state index >= 15 is 0 Å². The van der Waals surface area contributed by atoms with Gasteiger partial charge in [0.25, 0.3) is 0 Å². The normalized spacial score (nSPS) is 12.9. The summed E-state index contributed by atoms with van der Waals surface area (Å²) >= 11 is 11.6. The van der Waals surface area contributed by atoms with Gasteiger partial charge in [0, 0.05) is 6.54 Å². The number of anilines is 1. The van der Waals surface area contributed by atoms with Crippen molar-refractivity contribution in [1.29, 1.82) is 0 Å². The second-order valence-corrected chi connectivity index (χ2v) is 10.7. The standard InChI is InChI=1S/C21H28ClN3O2S2/c1-14(16-8-11-19(18(22)12-16)25-29(5,26)27)24-20(28)23-13-15-6-9-17(10-7-15)21(2,3)4/h6-12,14,25H,13H2,1-5H3,(H2,23,24,28). The monoisotopic (exact) mass is 453 g/mol. The molecule has 0 aromatic heterocycles. The summed E-state index contributed by atoms with van der Waals surface area (Å²) in [6, 6.07) is 13.6. The van der Waals surface area contributed by atoms with Crippen LogP contribution >= 0.6 is 23.8 Å². The highest BCUT2D eigenvalue weighted by Gasteiger charge is 2.13. The van der Waals surface area contributed by atoms with Crippen LogP contribution in [0.4, 0.5) is 5.69 Å². The van der Waals surface area contributed by atoms with E-state index in [-0.39, 0.29) is 11.5 Å². The van der Waals surface area contributed by atoms with Crippen LogP contribution in [-0.2, 0) is 22.0 Å². The number of sulfonamides is 1. The topological polar surface area (TPSA) is 70.2 Å². The number of thiocarbonyl (C=S) groups is 1. The Balaban J connectivity index is 1.92. The zero-order valence-corrected chi connectivity index (χ0v) is 19.7. The van der Waals surface area contributed by atoms with Crippen LogP contribution in [0.3, 0.4) is 0 Å². The minimum Gasteiger partial charge on any atom is -0.359 e. The van der Waals surface area contributed by atoms with Crippen molar-refractivity contribution < 1.29 is 8.42 Å². The van der Waals surface area contributed by atoms with Crippen molar-refractivity contribution in [2.75, 3.05) is 11.0 Å². The van der Waals surface area contributed by atoms with Gasteiger partial charge >= 0.3 is 0 Å². The van der Waals surface area contributed by atoms with Gasteiger partial charge in [0.1, 0.15) is 0 Å². The summed E-state index contributed by atoms with van der Waals surface area (Å²) in [7, 11) is -3.38. The highest BCUT2D eigenvalue weighted by Crippen LogP contribution is 2.26. The van der Waals surface area contributed by atoms with Crippen molar-refractivity contribution in [3.05, 3.63) is 64.2 Å². The van der Waals surface area contributed by atoms with Crippen molar-refractivity contribution in [3.8, 4) is 0 Å². The first-order chi connectivity index (χ1) is 13.3. The molecule has 2 aromatic carbocycles. The van der Waals surface area contributed by atoms with E-state index in [0.29, 0.717) is 22.4 Å². The molecule has 0 aliphatic heterocycles. The summed E-state index contributed by atoms with van der Waals surface area (Å²) < 4.78 is 25.1. The molecule has 2 rings (SSSR count). The molecule has 0 fully saturated rings. The van der Waals surface area contributed by atoms with Gasteiger partial charge in [-0.3, -0.25) is 4.72 Å². The second-order valence-electron chi connectivity index (χ2n) is 8.11. The smallest absolute Gasteiger partial charge is 0.229 e. The molecule has 1 unspecified atom stereocenters. The average molecular weight is 454 g/mol. The summed E-state index contributed by atoms with van der Waals surface area (Å²) in [5.74, 6) is 0. The van der Waals surface area contributed by atoms with Crippen molar-refractivity contribution in [3.63, 3.8) is 0 Å². The van der Waals surface area contributed by atoms with Gasteiger partial charge in [0.2, 0.25) is 10.0 Å². The molecule has 0 saturated carbocycles. The van der Waals surface area contributed by atoms with E-state index in [0.717, 1.165) is 17.4 Å². The Kier molecular flexibility index (Phi) is 7.54. The average Bonchev–Trinajstić information content (AvgIpc) is 2.60. The molecule has 0 radical (unpaired) electrons. The van der Waals surface area contributed by atoms with E-state index in [1.165, 1.54) is 5.56 Å². The van der Waals surface area contributed by atoms with Crippen LogP contribution in [0.15, 0.2) is 42.5 Å². The SMILES string of the molecule is CC(NC(=S)NCc1ccc(C(C)(C)C)cc1)c1ccc(NS(C)(=O)=O)c(Cl)c1. The summed E-state index contributed by atoms with van der Waals surface area (Å²) in [5, 5.41) is 7.30. The third-order valence-corrected chi connectivity index (χ3v) is 5.57. The number of rotatable bonds is 6. The summed E-state index contributed by atoms with van der Waals surface area (Å²) in [6.45, 7) is 9.16. The maximum Gasteiger partial charge on any atom is 0.229 e. The lowest BCUT2D eigenvalue weighted by atomic mass is 9.87. The van der Waals surface area contributed by atoms with Gasteiger partial charge in [-0.1, -0.05) is 62.7 Å². The Bertz CT molecular complexity index is 968. The third-order valence-electron chi connectivity index (χ3n) is 4.41. The van der Waals surface area contributed by atoms with Gasteiger partial charge in [0.05, 0.1) is 23.0 Å². The largest absolute Gasteiger partial charge is 0.359 e. The summed E-state index contributed by atoms with van der Waals surface area (Å²) in [5.41, 5.74) is 3.82. The zero-order chi connectivity index (χ0) is 21.8. The van der Waals surface area contributed by atoms with E-state index in [9.17, 15) is 8.42 Å². The van der Waals surface area contributed by atoms with Crippen LogP contribution in [0.25, 0.3) is 0 Å². The van der Waals surface area contributed by atoms with Crippen LogP contribution < -0.4 is 15.4 Å². The maximum atomic E-state index is 11.4. The van der Waals surface area contributed by atoms with Gasteiger partial charge in [-0.05, 0) is 53.4 Å². The molecule has 0 aliphatic carbocycles. The fourth-order valence-corrected chi connectivity index (χ4v) is 3.84. The van der Waals surface area contributed by atoms with Gasteiger partial charge in [0.15, 0.2) is 5.11 Å². The molecule has 158 valence electrons. The van der Waals surface area contributed by atoms with Gasteiger partial charge in [-0.2, -0.15) is 0 Å². The first kappa shape index (κ1) is 23.4.